The molecule has 0 saturated heterocycles. The van der Waals surface area contributed by atoms with E-state index in [1.165, 1.54) is 12.1 Å². The molecule has 0 heterocycles. The van der Waals surface area contributed by atoms with E-state index in [-0.39, 0.29) is 23.9 Å². The molecule has 0 aliphatic rings. The number of hydrogen-bond acceptors (Lipinski definition) is 2. The summed E-state index contributed by atoms with van der Waals surface area (Å²) in [6, 6.07) is 4.69. The van der Waals surface area contributed by atoms with Crippen molar-refractivity contribution in [3.05, 3.63) is 35.1 Å². The molecule has 4 heteroatoms. The Hall–Kier alpha value is -1.42. The highest BCUT2D eigenvalue weighted by Crippen LogP contribution is 2.10. The summed E-state index contributed by atoms with van der Waals surface area (Å²) in [7, 11) is 0. The molecule has 0 fully saturated rings. The minimum absolute atomic E-state index is 0.0614. The van der Waals surface area contributed by atoms with Crippen LogP contribution in [0.2, 0.25) is 0 Å². The Balaban J connectivity index is 2.32. The van der Waals surface area contributed by atoms with Crippen LogP contribution in [-0.4, -0.2) is 24.7 Å². The van der Waals surface area contributed by atoms with E-state index < -0.39 is 0 Å². The Labute approximate surface area is 114 Å². The average Bonchev–Trinajstić information content (AvgIpc) is 2.28. The fourth-order valence-corrected chi connectivity index (χ4v) is 1.61. The first-order valence-electron chi connectivity index (χ1n) is 6.43. The lowest BCUT2D eigenvalue weighted by Crippen LogP contribution is -2.33. The van der Waals surface area contributed by atoms with Gasteiger partial charge < -0.3 is 10.1 Å². The van der Waals surface area contributed by atoms with Crippen LogP contribution in [0.15, 0.2) is 18.2 Å². The van der Waals surface area contributed by atoms with Gasteiger partial charge in [-0.25, -0.2) is 4.39 Å². The van der Waals surface area contributed by atoms with Gasteiger partial charge in [0.25, 0.3) is 0 Å². The second kappa shape index (κ2) is 6.66. The zero-order valence-electron chi connectivity index (χ0n) is 12.0. The minimum atomic E-state index is -0.315. The largest absolute Gasteiger partial charge is 0.366 e. The molecular weight excluding hydrogens is 245 g/mol. The van der Waals surface area contributed by atoms with Crippen LogP contribution >= 0.6 is 0 Å². The molecule has 0 unspecified atom stereocenters. The zero-order chi connectivity index (χ0) is 14.5. The number of hydrogen-bond donors (Lipinski definition) is 1. The summed E-state index contributed by atoms with van der Waals surface area (Å²) in [4.78, 5) is 11.5. The standard InChI is InChI=1S/C15H22FNO2/c1-11-9-13(16)6-5-12(11)7-8-17-14(18)10-19-15(2,3)4/h5-6,9H,7-8,10H2,1-4H3,(H,17,18). The van der Waals surface area contributed by atoms with Gasteiger partial charge in [0.1, 0.15) is 12.4 Å². The number of amides is 1. The van der Waals surface area contributed by atoms with E-state index in [1.54, 1.807) is 6.07 Å². The molecule has 1 rings (SSSR count). The highest BCUT2D eigenvalue weighted by molar-refractivity contribution is 5.77. The van der Waals surface area contributed by atoms with E-state index >= 15 is 0 Å². The van der Waals surface area contributed by atoms with E-state index in [4.69, 9.17) is 4.74 Å². The second-order valence-corrected chi connectivity index (χ2v) is 5.57. The number of aryl methyl sites for hydroxylation is 1. The van der Waals surface area contributed by atoms with Crippen LogP contribution in [0.3, 0.4) is 0 Å². The third-order valence-electron chi connectivity index (χ3n) is 2.66. The molecule has 1 N–H and O–H groups in total. The first-order valence-corrected chi connectivity index (χ1v) is 6.43. The number of ether oxygens (including phenoxy) is 1. The molecule has 0 saturated carbocycles. The Morgan fingerprint density at radius 2 is 2.05 bits per heavy atom. The average molecular weight is 267 g/mol. The maximum Gasteiger partial charge on any atom is 0.246 e. The smallest absolute Gasteiger partial charge is 0.246 e. The van der Waals surface area contributed by atoms with Crippen molar-refractivity contribution in [3.8, 4) is 0 Å². The molecule has 1 aromatic carbocycles. The molecule has 0 bridgehead atoms. The number of carbonyl (C=O) groups is 1. The number of rotatable bonds is 5. The monoisotopic (exact) mass is 267 g/mol. The maximum atomic E-state index is 12.9. The summed E-state index contributed by atoms with van der Waals surface area (Å²) in [6.45, 7) is 8.17. The third-order valence-corrected chi connectivity index (χ3v) is 2.66. The maximum absolute atomic E-state index is 12.9. The van der Waals surface area contributed by atoms with Crippen molar-refractivity contribution in [3.63, 3.8) is 0 Å². The highest BCUT2D eigenvalue weighted by Gasteiger charge is 2.12. The Kier molecular flexibility index (Phi) is 5.48. The molecule has 0 spiro atoms. The van der Waals surface area contributed by atoms with Crippen LogP contribution in [0, 0.1) is 12.7 Å². The van der Waals surface area contributed by atoms with Crippen molar-refractivity contribution >= 4 is 5.91 Å². The minimum Gasteiger partial charge on any atom is -0.366 e. The van der Waals surface area contributed by atoms with E-state index in [0.29, 0.717) is 13.0 Å². The molecule has 0 radical (unpaired) electrons. The first kappa shape index (κ1) is 15.6. The highest BCUT2D eigenvalue weighted by atomic mass is 19.1. The fraction of sp³-hybridized carbons (Fsp3) is 0.533. The molecule has 1 amide bonds. The molecule has 3 nitrogen and oxygen atoms in total. The lowest BCUT2D eigenvalue weighted by Gasteiger charge is -2.19. The van der Waals surface area contributed by atoms with Gasteiger partial charge in [0.15, 0.2) is 0 Å². The number of carbonyl (C=O) groups excluding carboxylic acids is 1. The van der Waals surface area contributed by atoms with Crippen molar-refractivity contribution in [1.82, 2.24) is 5.32 Å². The van der Waals surface area contributed by atoms with Crippen molar-refractivity contribution in [1.29, 1.82) is 0 Å². The lowest BCUT2D eigenvalue weighted by molar-refractivity contribution is -0.130. The van der Waals surface area contributed by atoms with Gasteiger partial charge in [-0.2, -0.15) is 0 Å². The van der Waals surface area contributed by atoms with Gasteiger partial charge >= 0.3 is 0 Å². The third kappa shape index (κ3) is 6.34. The molecule has 106 valence electrons. The number of nitrogens with one attached hydrogen (secondary N) is 1. The SMILES string of the molecule is Cc1cc(F)ccc1CCNC(=O)COC(C)(C)C. The molecule has 0 aliphatic heterocycles. The van der Waals surface area contributed by atoms with Crippen molar-refractivity contribution < 1.29 is 13.9 Å². The molecule has 0 atom stereocenters. The van der Waals surface area contributed by atoms with E-state index in [9.17, 15) is 9.18 Å². The van der Waals surface area contributed by atoms with Crippen LogP contribution in [0.5, 0.6) is 0 Å². The van der Waals surface area contributed by atoms with E-state index in [2.05, 4.69) is 5.32 Å². The van der Waals surface area contributed by atoms with Gasteiger partial charge in [-0.15, -0.1) is 0 Å². The summed E-state index contributed by atoms with van der Waals surface area (Å²) in [6.07, 6.45) is 0.688. The van der Waals surface area contributed by atoms with Crippen LogP contribution in [-0.2, 0) is 16.0 Å². The Bertz CT molecular complexity index is 438. The molecule has 1 aromatic rings. The summed E-state index contributed by atoms with van der Waals surface area (Å²) < 4.78 is 18.3. The van der Waals surface area contributed by atoms with Gasteiger partial charge in [-0.05, 0) is 57.4 Å². The lowest BCUT2D eigenvalue weighted by atomic mass is 10.1. The molecule has 0 aromatic heterocycles. The summed E-state index contributed by atoms with van der Waals surface area (Å²) >= 11 is 0. The van der Waals surface area contributed by atoms with Crippen molar-refractivity contribution in [2.75, 3.05) is 13.2 Å². The first-order chi connectivity index (χ1) is 8.78. The van der Waals surface area contributed by atoms with Crippen LogP contribution < -0.4 is 5.32 Å². The molecule has 19 heavy (non-hydrogen) atoms. The zero-order valence-corrected chi connectivity index (χ0v) is 12.0. The van der Waals surface area contributed by atoms with Gasteiger partial charge in [0, 0.05) is 6.54 Å². The summed E-state index contributed by atoms with van der Waals surface area (Å²) in [5.74, 6) is -0.362. The fourth-order valence-electron chi connectivity index (χ4n) is 1.61. The van der Waals surface area contributed by atoms with Gasteiger partial charge in [-0.3, -0.25) is 4.79 Å². The molecule has 0 aliphatic carbocycles. The van der Waals surface area contributed by atoms with Crippen LogP contribution in [0.1, 0.15) is 31.9 Å². The van der Waals surface area contributed by atoms with E-state index in [1.807, 2.05) is 27.7 Å². The van der Waals surface area contributed by atoms with E-state index in [0.717, 1.165) is 11.1 Å². The summed E-state index contributed by atoms with van der Waals surface area (Å²) in [5.41, 5.74) is 1.63. The quantitative estimate of drug-likeness (QED) is 0.890. The van der Waals surface area contributed by atoms with Gasteiger partial charge in [0.2, 0.25) is 5.91 Å². The van der Waals surface area contributed by atoms with Gasteiger partial charge in [0.05, 0.1) is 5.60 Å². The van der Waals surface area contributed by atoms with Gasteiger partial charge in [-0.1, -0.05) is 6.07 Å². The van der Waals surface area contributed by atoms with Crippen molar-refractivity contribution in [2.45, 2.75) is 39.7 Å². The second-order valence-electron chi connectivity index (χ2n) is 5.57. The van der Waals surface area contributed by atoms with Crippen molar-refractivity contribution in [2.24, 2.45) is 0 Å². The number of benzene rings is 1. The summed E-state index contributed by atoms with van der Waals surface area (Å²) in [5, 5.41) is 2.79. The normalized spacial score (nSPS) is 11.4. The van der Waals surface area contributed by atoms with Crippen LogP contribution in [0.25, 0.3) is 0 Å². The predicted molar refractivity (Wildman–Crippen MR) is 73.6 cm³/mol. The Morgan fingerprint density at radius 3 is 2.63 bits per heavy atom. The number of halogens is 1. The Morgan fingerprint density at radius 1 is 1.37 bits per heavy atom. The topological polar surface area (TPSA) is 38.3 Å². The predicted octanol–water partition coefficient (Wildman–Crippen LogP) is 2.61. The van der Waals surface area contributed by atoms with Crippen LogP contribution in [0.4, 0.5) is 4.39 Å². The molecular formula is C15H22FNO2.